The van der Waals surface area contributed by atoms with Crippen molar-refractivity contribution in [1.82, 2.24) is 4.31 Å². The van der Waals surface area contributed by atoms with E-state index in [9.17, 15) is 12.8 Å². The first-order valence-electron chi connectivity index (χ1n) is 9.01. The summed E-state index contributed by atoms with van der Waals surface area (Å²) in [5.41, 5.74) is 1.78. The molecular formula is C20H25FN2O3S. The van der Waals surface area contributed by atoms with Crippen molar-refractivity contribution in [2.45, 2.75) is 24.7 Å². The largest absolute Gasteiger partial charge is 0.496 e. The van der Waals surface area contributed by atoms with Gasteiger partial charge in [0.15, 0.2) is 0 Å². The van der Waals surface area contributed by atoms with Gasteiger partial charge in [0.05, 0.1) is 12.0 Å². The van der Waals surface area contributed by atoms with E-state index in [2.05, 4.69) is 4.90 Å². The molecule has 1 heterocycles. The Morgan fingerprint density at radius 2 is 1.63 bits per heavy atom. The summed E-state index contributed by atoms with van der Waals surface area (Å²) in [5.74, 6) is 0.580. The van der Waals surface area contributed by atoms with Crippen molar-refractivity contribution < 1.29 is 17.5 Å². The zero-order valence-electron chi connectivity index (χ0n) is 15.9. The summed E-state index contributed by atoms with van der Waals surface area (Å²) < 4.78 is 46.1. The van der Waals surface area contributed by atoms with E-state index in [1.165, 1.54) is 16.4 Å². The quantitative estimate of drug-likeness (QED) is 0.782. The number of piperazine rings is 1. The van der Waals surface area contributed by atoms with Crippen molar-refractivity contribution in [1.29, 1.82) is 0 Å². The summed E-state index contributed by atoms with van der Waals surface area (Å²) >= 11 is 0. The predicted molar refractivity (Wildman–Crippen MR) is 104 cm³/mol. The molecule has 0 amide bonds. The first-order chi connectivity index (χ1) is 12.8. The Bertz CT molecular complexity index is 890. The minimum absolute atomic E-state index is 0.158. The van der Waals surface area contributed by atoms with Gasteiger partial charge in [-0.25, -0.2) is 12.8 Å². The highest BCUT2D eigenvalue weighted by Gasteiger charge is 2.29. The highest BCUT2D eigenvalue weighted by molar-refractivity contribution is 7.89. The van der Waals surface area contributed by atoms with E-state index < -0.39 is 10.0 Å². The van der Waals surface area contributed by atoms with Gasteiger partial charge in [0, 0.05) is 31.9 Å². The summed E-state index contributed by atoms with van der Waals surface area (Å²) in [6, 6.07) is 11.3. The molecule has 7 heteroatoms. The van der Waals surface area contributed by atoms with Crippen LogP contribution in [0.5, 0.6) is 5.75 Å². The second kappa shape index (κ2) is 7.86. The molecule has 3 rings (SSSR count). The van der Waals surface area contributed by atoms with Crippen molar-refractivity contribution >= 4 is 15.7 Å². The summed E-state index contributed by atoms with van der Waals surface area (Å²) in [6.45, 7) is 5.94. The molecule has 0 radical (unpaired) electrons. The summed E-state index contributed by atoms with van der Waals surface area (Å²) in [5, 5.41) is 0. The summed E-state index contributed by atoms with van der Waals surface area (Å²) in [7, 11) is -1.98. The number of methoxy groups -OCH3 is 1. The lowest BCUT2D eigenvalue weighted by Crippen LogP contribution is -2.48. The lowest BCUT2D eigenvalue weighted by atomic mass is 10.0. The van der Waals surface area contributed by atoms with Crippen molar-refractivity contribution in [3.05, 3.63) is 53.8 Å². The fourth-order valence-electron chi connectivity index (χ4n) is 3.31. The maximum atomic E-state index is 13.1. The zero-order chi connectivity index (χ0) is 19.6. The lowest BCUT2D eigenvalue weighted by molar-refractivity contribution is 0.384. The molecule has 1 aliphatic heterocycles. The van der Waals surface area contributed by atoms with Gasteiger partial charge in [-0.05, 0) is 53.9 Å². The van der Waals surface area contributed by atoms with Crippen LogP contribution in [-0.2, 0) is 10.0 Å². The van der Waals surface area contributed by atoms with Crippen LogP contribution in [0.4, 0.5) is 10.1 Å². The van der Waals surface area contributed by atoms with Crippen LogP contribution in [0.1, 0.15) is 25.3 Å². The maximum absolute atomic E-state index is 13.1. The first-order valence-corrected chi connectivity index (χ1v) is 10.5. The van der Waals surface area contributed by atoms with E-state index in [0.717, 1.165) is 11.3 Å². The smallest absolute Gasteiger partial charge is 0.243 e. The van der Waals surface area contributed by atoms with E-state index in [-0.39, 0.29) is 11.7 Å². The van der Waals surface area contributed by atoms with Crippen LogP contribution in [-0.4, -0.2) is 46.0 Å². The summed E-state index contributed by atoms with van der Waals surface area (Å²) in [6.07, 6.45) is 0. The highest BCUT2D eigenvalue weighted by Crippen LogP contribution is 2.30. The molecule has 0 spiro atoms. The minimum atomic E-state index is -3.56. The Balaban J connectivity index is 1.77. The Hall–Kier alpha value is -2.12. The van der Waals surface area contributed by atoms with E-state index >= 15 is 0 Å². The summed E-state index contributed by atoms with van der Waals surface area (Å²) in [4.78, 5) is 2.36. The molecule has 0 unspecified atom stereocenters. The molecule has 1 aliphatic rings. The Morgan fingerprint density at radius 1 is 1.00 bits per heavy atom. The van der Waals surface area contributed by atoms with Crippen LogP contribution in [0.2, 0.25) is 0 Å². The number of hydrogen-bond donors (Lipinski definition) is 0. The number of halogens is 1. The van der Waals surface area contributed by atoms with Gasteiger partial charge in [-0.2, -0.15) is 4.31 Å². The van der Waals surface area contributed by atoms with Crippen molar-refractivity contribution in [3.63, 3.8) is 0 Å². The molecule has 2 aromatic carbocycles. The third kappa shape index (κ3) is 4.09. The van der Waals surface area contributed by atoms with Crippen molar-refractivity contribution in [2.24, 2.45) is 0 Å². The van der Waals surface area contributed by atoms with Crippen molar-refractivity contribution in [3.8, 4) is 5.75 Å². The molecule has 1 saturated heterocycles. The molecule has 2 aromatic rings. The van der Waals surface area contributed by atoms with Gasteiger partial charge in [0.1, 0.15) is 11.6 Å². The molecule has 5 nitrogen and oxygen atoms in total. The first kappa shape index (κ1) is 19.6. The predicted octanol–water partition coefficient (Wildman–Crippen LogP) is 3.47. The minimum Gasteiger partial charge on any atom is -0.496 e. The van der Waals surface area contributed by atoms with E-state index in [0.29, 0.717) is 36.8 Å². The number of sulfonamides is 1. The number of nitrogens with zero attached hydrogens (tertiary/aromatic N) is 2. The molecular weight excluding hydrogens is 367 g/mol. The fourth-order valence-corrected chi connectivity index (χ4v) is 4.77. The second-order valence-electron chi connectivity index (χ2n) is 6.93. The van der Waals surface area contributed by atoms with Gasteiger partial charge in [-0.15, -0.1) is 0 Å². The Morgan fingerprint density at radius 3 is 2.19 bits per heavy atom. The van der Waals surface area contributed by atoms with Crippen LogP contribution in [0.3, 0.4) is 0 Å². The molecule has 0 atom stereocenters. The Kier molecular flexibility index (Phi) is 5.72. The number of ether oxygens (including phenoxy) is 1. The molecule has 0 aliphatic carbocycles. The number of hydrogen-bond acceptors (Lipinski definition) is 4. The fraction of sp³-hybridized carbons (Fsp3) is 0.400. The normalized spacial score (nSPS) is 16.0. The average Bonchev–Trinajstić information content (AvgIpc) is 2.68. The van der Waals surface area contributed by atoms with E-state index in [4.69, 9.17) is 4.74 Å². The monoisotopic (exact) mass is 392 g/mol. The average molecular weight is 392 g/mol. The molecule has 0 bridgehead atoms. The molecule has 1 fully saturated rings. The molecule has 0 aromatic heterocycles. The topological polar surface area (TPSA) is 49.9 Å². The van der Waals surface area contributed by atoms with Crippen LogP contribution in [0, 0.1) is 5.82 Å². The highest BCUT2D eigenvalue weighted by atomic mass is 32.2. The van der Waals surface area contributed by atoms with Gasteiger partial charge < -0.3 is 9.64 Å². The maximum Gasteiger partial charge on any atom is 0.243 e. The number of benzene rings is 2. The van der Waals surface area contributed by atoms with E-state index in [1.807, 2.05) is 13.8 Å². The SMILES string of the molecule is COc1ccc(S(=O)(=O)N2CCN(c3ccc(F)cc3)CC2)cc1C(C)C. The van der Waals surface area contributed by atoms with E-state index in [1.54, 1.807) is 37.4 Å². The molecule has 146 valence electrons. The molecule has 0 saturated carbocycles. The van der Waals surface area contributed by atoms with Gasteiger partial charge in [-0.3, -0.25) is 0 Å². The number of rotatable bonds is 5. The van der Waals surface area contributed by atoms with Gasteiger partial charge >= 0.3 is 0 Å². The van der Waals surface area contributed by atoms with Crippen LogP contribution in [0.25, 0.3) is 0 Å². The van der Waals surface area contributed by atoms with Crippen LogP contribution < -0.4 is 9.64 Å². The zero-order valence-corrected chi connectivity index (χ0v) is 16.7. The lowest BCUT2D eigenvalue weighted by Gasteiger charge is -2.35. The third-order valence-electron chi connectivity index (χ3n) is 4.89. The third-order valence-corrected chi connectivity index (χ3v) is 6.79. The van der Waals surface area contributed by atoms with Gasteiger partial charge in [0.2, 0.25) is 10.0 Å². The molecule has 0 N–H and O–H groups in total. The standard InChI is InChI=1S/C20H25FN2O3S/c1-15(2)19-14-18(8-9-20(19)26-3)27(24,25)23-12-10-22(11-13-23)17-6-4-16(21)5-7-17/h4-9,14-15H,10-13H2,1-3H3. The number of anilines is 1. The van der Waals surface area contributed by atoms with Crippen LogP contribution >= 0.6 is 0 Å². The van der Waals surface area contributed by atoms with Crippen LogP contribution in [0.15, 0.2) is 47.4 Å². The Labute approximate surface area is 160 Å². The van der Waals surface area contributed by atoms with Gasteiger partial charge in [0.25, 0.3) is 0 Å². The molecule has 27 heavy (non-hydrogen) atoms. The van der Waals surface area contributed by atoms with Crippen molar-refractivity contribution in [2.75, 3.05) is 38.2 Å². The second-order valence-corrected chi connectivity index (χ2v) is 8.86. The van der Waals surface area contributed by atoms with Gasteiger partial charge in [-0.1, -0.05) is 13.8 Å².